The number of hydrogen-bond acceptors (Lipinski definition) is 3. The van der Waals surface area contributed by atoms with E-state index in [0.717, 1.165) is 36.7 Å². The average Bonchev–Trinajstić information content (AvgIpc) is 3.79. The molecule has 3 N–H and O–H groups in total. The number of nitrogens with two attached hydrogens (primary N) is 1. The smallest absolute Gasteiger partial charge is 0.350 e. The molecule has 2 aliphatic carbocycles. The van der Waals surface area contributed by atoms with Gasteiger partial charge in [-0.2, -0.15) is 13.2 Å². The highest BCUT2D eigenvalue weighted by Crippen LogP contribution is 2.54. The fourth-order valence-electron chi connectivity index (χ4n) is 4.62. The van der Waals surface area contributed by atoms with Crippen LogP contribution in [0.2, 0.25) is 30.1 Å². The summed E-state index contributed by atoms with van der Waals surface area (Å²) in [4.78, 5) is 15.9. The monoisotopic (exact) mass is 671 g/mol. The summed E-state index contributed by atoms with van der Waals surface area (Å²) >= 11 is 36.4. The van der Waals surface area contributed by atoms with Crippen molar-refractivity contribution in [3.63, 3.8) is 0 Å². The van der Waals surface area contributed by atoms with E-state index in [-0.39, 0.29) is 12.0 Å². The Morgan fingerprint density at radius 3 is 1.70 bits per heavy atom. The van der Waals surface area contributed by atoms with E-state index in [1.165, 1.54) is 0 Å². The van der Waals surface area contributed by atoms with Crippen LogP contribution in [0.3, 0.4) is 0 Å². The molecule has 0 atom stereocenters. The molecule has 40 heavy (non-hydrogen) atoms. The fraction of sp³-hybridized carbons (Fsp3) is 0.333. The van der Waals surface area contributed by atoms with Gasteiger partial charge in [0.25, 0.3) is 5.91 Å². The summed E-state index contributed by atoms with van der Waals surface area (Å²) in [5.74, 6) is -0.898. The SMILES string of the molecule is NCC1(c2c(Cl)cc(Cl)cc2Cl)CC1.O=C(NCC1(c2c(Cl)cc(Cl)cc2Cl)CC1)c1ncccc1C(F)(F)F. The van der Waals surface area contributed by atoms with Crippen LogP contribution in [0.4, 0.5) is 13.2 Å². The van der Waals surface area contributed by atoms with Crippen molar-refractivity contribution in [2.24, 2.45) is 5.73 Å². The molecular formula is C27H22Cl6F3N3O. The summed E-state index contributed by atoms with van der Waals surface area (Å²) in [5.41, 5.74) is 5.09. The average molecular weight is 674 g/mol. The molecule has 0 bridgehead atoms. The van der Waals surface area contributed by atoms with Gasteiger partial charge in [0.1, 0.15) is 5.69 Å². The van der Waals surface area contributed by atoms with Crippen LogP contribution in [0.25, 0.3) is 0 Å². The molecule has 0 unspecified atom stereocenters. The Bertz CT molecular complexity index is 1400. The number of carbonyl (C=O) groups is 1. The number of nitrogens with one attached hydrogen (secondary N) is 1. The van der Waals surface area contributed by atoms with E-state index in [1.54, 1.807) is 24.3 Å². The molecule has 0 radical (unpaired) electrons. The molecular weight excluding hydrogens is 652 g/mol. The van der Waals surface area contributed by atoms with Gasteiger partial charge in [0.05, 0.1) is 5.56 Å². The third-order valence-electron chi connectivity index (χ3n) is 7.09. The lowest BCUT2D eigenvalue weighted by Gasteiger charge is -2.20. The van der Waals surface area contributed by atoms with E-state index in [4.69, 9.17) is 75.3 Å². The summed E-state index contributed by atoms with van der Waals surface area (Å²) < 4.78 is 39.1. The number of rotatable bonds is 6. The molecule has 0 spiro atoms. The van der Waals surface area contributed by atoms with E-state index in [2.05, 4.69) is 10.3 Å². The highest BCUT2D eigenvalue weighted by Gasteiger charge is 2.48. The molecule has 0 saturated heterocycles. The number of pyridine rings is 1. The van der Waals surface area contributed by atoms with Crippen LogP contribution in [-0.2, 0) is 17.0 Å². The predicted molar refractivity (Wildman–Crippen MR) is 155 cm³/mol. The molecule has 2 fully saturated rings. The maximum absolute atomic E-state index is 13.0. The molecule has 1 aromatic heterocycles. The predicted octanol–water partition coefficient (Wildman–Crippen LogP) is 9.16. The number of halogens is 9. The van der Waals surface area contributed by atoms with Gasteiger partial charge in [0.2, 0.25) is 0 Å². The maximum Gasteiger partial charge on any atom is 0.418 e. The van der Waals surface area contributed by atoms with E-state index in [0.29, 0.717) is 55.1 Å². The zero-order valence-electron chi connectivity index (χ0n) is 20.6. The number of carbonyl (C=O) groups excluding carboxylic acids is 1. The van der Waals surface area contributed by atoms with Gasteiger partial charge in [-0.25, -0.2) is 0 Å². The Labute approximate surface area is 259 Å². The molecule has 214 valence electrons. The Morgan fingerprint density at radius 1 is 0.850 bits per heavy atom. The highest BCUT2D eigenvalue weighted by atomic mass is 35.5. The van der Waals surface area contributed by atoms with Gasteiger partial charge >= 0.3 is 6.18 Å². The zero-order chi connectivity index (χ0) is 29.5. The summed E-state index contributed by atoms with van der Waals surface area (Å²) in [5, 5.41) is 5.47. The lowest BCUT2D eigenvalue weighted by molar-refractivity contribution is -0.138. The molecule has 2 saturated carbocycles. The zero-order valence-corrected chi connectivity index (χ0v) is 25.2. The normalized spacial score (nSPS) is 16.6. The van der Waals surface area contributed by atoms with Gasteiger partial charge < -0.3 is 11.1 Å². The molecule has 5 rings (SSSR count). The molecule has 0 aliphatic heterocycles. The van der Waals surface area contributed by atoms with Crippen LogP contribution in [-0.4, -0.2) is 24.0 Å². The summed E-state index contributed by atoms with van der Waals surface area (Å²) in [7, 11) is 0. The number of nitrogens with zero attached hydrogens (tertiary/aromatic N) is 1. The number of amides is 1. The Kier molecular flexibility index (Phi) is 9.48. The maximum atomic E-state index is 13.0. The van der Waals surface area contributed by atoms with Crippen LogP contribution >= 0.6 is 69.6 Å². The van der Waals surface area contributed by atoms with Crippen LogP contribution in [0.15, 0.2) is 42.6 Å². The second-order valence-corrected chi connectivity index (χ2v) is 12.3. The minimum Gasteiger partial charge on any atom is -0.350 e. The van der Waals surface area contributed by atoms with Gasteiger partial charge in [-0.3, -0.25) is 9.78 Å². The lowest BCUT2D eigenvalue weighted by atomic mass is 9.95. The standard InChI is InChI=1S/C17H12Cl3F3N2O.C10H10Cl3N/c18-9-6-11(19)13(12(20)7-9)16(3-4-16)8-25-15(26)14-10(17(21,22)23)2-1-5-24-14;11-6-3-7(12)9(8(13)4-6)10(5-14)1-2-10/h1-2,5-7H,3-4,8H2,(H,25,26);3-4H,1-2,5,14H2. The van der Waals surface area contributed by atoms with Gasteiger partial charge in [-0.1, -0.05) is 69.6 Å². The number of aromatic nitrogens is 1. The minimum absolute atomic E-state index is 0.0127. The molecule has 3 aromatic rings. The fourth-order valence-corrected chi connectivity index (χ4v) is 7.05. The van der Waals surface area contributed by atoms with Crippen molar-refractivity contribution in [3.05, 3.63) is 95.1 Å². The van der Waals surface area contributed by atoms with Crippen molar-refractivity contribution in [2.45, 2.75) is 42.7 Å². The van der Waals surface area contributed by atoms with Gasteiger partial charge in [-0.05, 0) is 73.2 Å². The quantitative estimate of drug-likeness (QED) is 0.274. The van der Waals surface area contributed by atoms with Crippen molar-refractivity contribution in [1.29, 1.82) is 0 Å². The molecule has 1 heterocycles. The Morgan fingerprint density at radius 2 is 1.30 bits per heavy atom. The lowest BCUT2D eigenvalue weighted by Crippen LogP contribution is -2.34. The molecule has 2 aliphatic rings. The molecule has 2 aromatic carbocycles. The van der Waals surface area contributed by atoms with Crippen LogP contribution in [0, 0.1) is 0 Å². The summed E-state index contributed by atoms with van der Waals surface area (Å²) in [6.07, 6.45) is -0.00842. The minimum atomic E-state index is -4.67. The first-order valence-electron chi connectivity index (χ1n) is 12.0. The van der Waals surface area contributed by atoms with Crippen LogP contribution in [0.1, 0.15) is 52.9 Å². The van der Waals surface area contributed by atoms with Crippen molar-refractivity contribution >= 4 is 75.5 Å². The largest absolute Gasteiger partial charge is 0.418 e. The van der Waals surface area contributed by atoms with Crippen LogP contribution in [0.5, 0.6) is 0 Å². The van der Waals surface area contributed by atoms with Crippen LogP contribution < -0.4 is 11.1 Å². The first kappa shape index (κ1) is 31.5. The van der Waals surface area contributed by atoms with Crippen molar-refractivity contribution < 1.29 is 18.0 Å². The number of benzene rings is 2. The topological polar surface area (TPSA) is 68.0 Å². The van der Waals surface area contributed by atoms with E-state index in [9.17, 15) is 18.0 Å². The van der Waals surface area contributed by atoms with E-state index in [1.807, 2.05) is 0 Å². The van der Waals surface area contributed by atoms with Crippen molar-refractivity contribution in [1.82, 2.24) is 10.3 Å². The first-order valence-corrected chi connectivity index (χ1v) is 14.3. The van der Waals surface area contributed by atoms with Gasteiger partial charge in [0.15, 0.2) is 0 Å². The third kappa shape index (κ3) is 6.78. The summed E-state index contributed by atoms with van der Waals surface area (Å²) in [6, 6.07) is 8.50. The Hall–Kier alpha value is -1.45. The number of hydrogen-bond donors (Lipinski definition) is 2. The number of alkyl halides is 3. The van der Waals surface area contributed by atoms with Crippen molar-refractivity contribution in [2.75, 3.05) is 13.1 Å². The van der Waals surface area contributed by atoms with E-state index < -0.39 is 28.8 Å². The van der Waals surface area contributed by atoms with E-state index >= 15 is 0 Å². The van der Waals surface area contributed by atoms with Gasteiger partial charge in [0, 0.05) is 60.3 Å². The summed E-state index contributed by atoms with van der Waals surface area (Å²) in [6.45, 7) is 0.689. The first-order chi connectivity index (χ1) is 18.7. The third-order valence-corrected chi connectivity index (χ3v) is 8.72. The molecule has 13 heteroatoms. The Balaban J connectivity index is 0.000000222. The van der Waals surface area contributed by atoms with Crippen molar-refractivity contribution in [3.8, 4) is 0 Å². The molecule has 1 amide bonds. The second-order valence-electron chi connectivity index (χ2n) is 9.83. The second kappa shape index (κ2) is 12.0. The molecule has 4 nitrogen and oxygen atoms in total. The highest BCUT2D eigenvalue weighted by molar-refractivity contribution is 6.40. The van der Waals surface area contributed by atoms with Gasteiger partial charge in [-0.15, -0.1) is 0 Å².